The largest absolute Gasteiger partial charge is 0.470 e. The predicted octanol–water partition coefficient (Wildman–Crippen LogP) is 10.7. The summed E-state index contributed by atoms with van der Waals surface area (Å²) in [6.07, 6.45) is 33.2. The quantitative estimate of drug-likeness (QED) is 0.0571. The molecule has 2 N–H and O–H groups in total. The Morgan fingerprint density at radius 2 is 0.700 bits per heavy atom. The van der Waals surface area contributed by atoms with E-state index in [1.807, 2.05) is 0 Å². The molecule has 0 unspecified atom stereocenters. The molecule has 0 saturated carbocycles. The lowest BCUT2D eigenvalue weighted by atomic mass is 10.0. The smallest absolute Gasteiger partial charge is 0.379 e. The fourth-order valence-corrected chi connectivity index (χ4v) is 5.69. The highest BCUT2D eigenvalue weighted by atomic mass is 31.2. The first-order chi connectivity index (χ1) is 19.5. The van der Waals surface area contributed by atoms with Crippen LogP contribution in [0, 0.1) is 0 Å². The minimum Gasteiger partial charge on any atom is -0.379 e. The summed E-state index contributed by atoms with van der Waals surface area (Å²) in [4.78, 5) is 18.4. The molecule has 6 nitrogen and oxygen atoms in total. The molecule has 40 heavy (non-hydrogen) atoms. The zero-order valence-electron chi connectivity index (χ0n) is 26.8. The molecule has 0 rings (SSSR count). The molecule has 1 atom stereocenters. The molecule has 0 bridgehead atoms. The van der Waals surface area contributed by atoms with Gasteiger partial charge in [-0.05, 0) is 12.8 Å². The van der Waals surface area contributed by atoms with Gasteiger partial charge in [-0.2, -0.15) is 0 Å². The lowest BCUT2D eigenvalue weighted by Gasteiger charge is -2.18. The summed E-state index contributed by atoms with van der Waals surface area (Å²) in [7, 11) is -4.56. The highest BCUT2D eigenvalue weighted by molar-refractivity contribution is 7.46. The molecule has 242 valence electrons. The van der Waals surface area contributed by atoms with Crippen LogP contribution in [-0.2, 0) is 18.6 Å². The lowest BCUT2D eigenvalue weighted by Crippen LogP contribution is -2.25. The summed E-state index contributed by atoms with van der Waals surface area (Å²) in [5.74, 6) is 0. The lowest BCUT2D eigenvalue weighted by molar-refractivity contribution is -0.0194. The Balaban J connectivity index is 3.57. The fourth-order valence-electron chi connectivity index (χ4n) is 5.18. The second-order valence-electron chi connectivity index (χ2n) is 11.9. The summed E-state index contributed by atoms with van der Waals surface area (Å²) in [5, 5.41) is 0. The Morgan fingerprint density at radius 3 is 0.950 bits per heavy atom. The molecule has 7 heteroatoms. The highest BCUT2D eigenvalue weighted by Gasteiger charge is 2.22. The zero-order valence-corrected chi connectivity index (χ0v) is 27.7. The molecule has 0 aromatic heterocycles. The van der Waals surface area contributed by atoms with Crippen molar-refractivity contribution in [3.05, 3.63) is 0 Å². The topological polar surface area (TPSA) is 85.2 Å². The number of unbranched alkanes of at least 4 members (excludes halogenated alkanes) is 24. The zero-order chi connectivity index (χ0) is 29.4. The van der Waals surface area contributed by atoms with Crippen molar-refractivity contribution in [1.29, 1.82) is 0 Å². The van der Waals surface area contributed by atoms with Crippen molar-refractivity contribution in [2.75, 3.05) is 26.4 Å². The van der Waals surface area contributed by atoms with E-state index >= 15 is 0 Å². The first-order valence-electron chi connectivity index (χ1n) is 17.4. The Bertz CT molecular complexity index is 527. The van der Waals surface area contributed by atoms with Crippen LogP contribution < -0.4 is 0 Å². The molecule has 0 aromatic rings. The van der Waals surface area contributed by atoms with Crippen LogP contribution in [0.5, 0.6) is 0 Å². The predicted molar refractivity (Wildman–Crippen MR) is 170 cm³/mol. The maximum atomic E-state index is 11.3. The highest BCUT2D eigenvalue weighted by Crippen LogP contribution is 2.37. The van der Waals surface area contributed by atoms with Crippen LogP contribution in [0.25, 0.3) is 0 Å². The normalized spacial score (nSPS) is 12.8. The first kappa shape index (κ1) is 40.0. The third kappa shape index (κ3) is 34.2. The van der Waals surface area contributed by atoms with Crippen molar-refractivity contribution in [1.82, 2.24) is 0 Å². The third-order valence-electron chi connectivity index (χ3n) is 7.68. The Labute approximate surface area is 249 Å². The fraction of sp³-hybridized carbons (Fsp3) is 1.00. The van der Waals surface area contributed by atoms with Gasteiger partial charge in [0.2, 0.25) is 0 Å². The molecule has 0 aliphatic heterocycles. The van der Waals surface area contributed by atoms with Crippen molar-refractivity contribution in [3.8, 4) is 0 Å². The molecular formula is C33H69O6P. The summed E-state index contributed by atoms with van der Waals surface area (Å²) >= 11 is 0. The van der Waals surface area contributed by atoms with Gasteiger partial charge in [0, 0.05) is 13.2 Å². The minimum atomic E-state index is -4.56. The molecule has 0 radical (unpaired) electrons. The van der Waals surface area contributed by atoms with E-state index < -0.39 is 13.9 Å². The maximum absolute atomic E-state index is 11.3. The molecule has 0 spiro atoms. The Morgan fingerprint density at radius 1 is 0.450 bits per heavy atom. The van der Waals surface area contributed by atoms with Crippen LogP contribution in [0.15, 0.2) is 0 Å². The van der Waals surface area contributed by atoms with Gasteiger partial charge in [-0.15, -0.1) is 0 Å². The van der Waals surface area contributed by atoms with E-state index in [2.05, 4.69) is 13.8 Å². The monoisotopic (exact) mass is 592 g/mol. The summed E-state index contributed by atoms with van der Waals surface area (Å²) in [6.45, 7) is 6.02. The van der Waals surface area contributed by atoms with Crippen LogP contribution in [-0.4, -0.2) is 42.3 Å². The van der Waals surface area contributed by atoms with Crippen molar-refractivity contribution >= 4 is 7.82 Å². The SMILES string of the molecule is CCCCCCCCCCCCCCCCCCOC[C@@H](COCCCCCCCCCCCC)OP(=O)(O)O. The summed E-state index contributed by atoms with van der Waals surface area (Å²) < 4.78 is 27.5. The van der Waals surface area contributed by atoms with Crippen LogP contribution in [0.2, 0.25) is 0 Å². The second-order valence-corrected chi connectivity index (χ2v) is 13.0. The molecule has 0 aromatic carbocycles. The second kappa shape index (κ2) is 32.0. The average molecular weight is 593 g/mol. The summed E-state index contributed by atoms with van der Waals surface area (Å²) in [6, 6.07) is 0. The van der Waals surface area contributed by atoms with E-state index in [1.165, 1.54) is 141 Å². The van der Waals surface area contributed by atoms with Gasteiger partial charge in [-0.1, -0.05) is 168 Å². The maximum Gasteiger partial charge on any atom is 0.470 e. The van der Waals surface area contributed by atoms with E-state index in [0.717, 1.165) is 25.7 Å². The van der Waals surface area contributed by atoms with Crippen LogP contribution in [0.3, 0.4) is 0 Å². The van der Waals surface area contributed by atoms with Gasteiger partial charge in [-0.3, -0.25) is 4.52 Å². The molecule has 0 heterocycles. The molecule has 0 aliphatic rings. The van der Waals surface area contributed by atoms with Crippen molar-refractivity contribution in [2.45, 2.75) is 187 Å². The van der Waals surface area contributed by atoms with Crippen molar-refractivity contribution in [3.63, 3.8) is 0 Å². The molecule has 0 saturated heterocycles. The molecular weight excluding hydrogens is 523 g/mol. The Kier molecular flexibility index (Phi) is 32.0. The van der Waals surface area contributed by atoms with E-state index in [0.29, 0.717) is 13.2 Å². The van der Waals surface area contributed by atoms with E-state index in [9.17, 15) is 14.4 Å². The van der Waals surface area contributed by atoms with Gasteiger partial charge in [0.1, 0.15) is 6.10 Å². The van der Waals surface area contributed by atoms with Gasteiger partial charge < -0.3 is 19.3 Å². The number of phosphoric acid groups is 1. The number of rotatable bonds is 34. The minimum absolute atomic E-state index is 0.154. The molecule has 0 fully saturated rings. The Hall–Kier alpha value is 0.0300. The van der Waals surface area contributed by atoms with Crippen LogP contribution in [0.4, 0.5) is 0 Å². The number of phosphoric ester groups is 1. The van der Waals surface area contributed by atoms with Gasteiger partial charge in [0.05, 0.1) is 13.2 Å². The van der Waals surface area contributed by atoms with E-state index in [4.69, 9.17) is 14.0 Å². The molecule has 0 aliphatic carbocycles. The van der Waals surface area contributed by atoms with Gasteiger partial charge in [0.15, 0.2) is 0 Å². The average Bonchev–Trinajstić information content (AvgIpc) is 2.92. The van der Waals surface area contributed by atoms with Crippen LogP contribution >= 0.6 is 7.82 Å². The number of hydrogen-bond donors (Lipinski definition) is 2. The van der Waals surface area contributed by atoms with Crippen LogP contribution in [0.1, 0.15) is 181 Å². The van der Waals surface area contributed by atoms with Gasteiger partial charge >= 0.3 is 7.82 Å². The molecule has 0 amide bonds. The first-order valence-corrected chi connectivity index (χ1v) is 18.9. The van der Waals surface area contributed by atoms with Crippen molar-refractivity contribution in [2.24, 2.45) is 0 Å². The van der Waals surface area contributed by atoms with Gasteiger partial charge in [-0.25, -0.2) is 4.57 Å². The standard InChI is InChI=1S/C33H69O6P/c1-3-5-7-9-11-13-15-16-17-18-19-20-22-24-26-28-30-38-32-33(39-40(34,35)36)31-37-29-27-25-23-21-14-12-10-8-6-4-2/h33H,3-32H2,1-2H3,(H2,34,35,36)/t33-/m1/s1. The third-order valence-corrected chi connectivity index (χ3v) is 8.25. The van der Waals surface area contributed by atoms with Crippen molar-refractivity contribution < 1.29 is 28.3 Å². The number of ether oxygens (including phenoxy) is 2. The van der Waals surface area contributed by atoms with Gasteiger partial charge in [0.25, 0.3) is 0 Å². The van der Waals surface area contributed by atoms with E-state index in [1.54, 1.807) is 0 Å². The summed E-state index contributed by atoms with van der Waals surface area (Å²) in [5.41, 5.74) is 0. The van der Waals surface area contributed by atoms with E-state index in [-0.39, 0.29) is 13.2 Å². The number of hydrogen-bond acceptors (Lipinski definition) is 4.